The van der Waals surface area contributed by atoms with E-state index in [1.807, 2.05) is 26.0 Å². The van der Waals surface area contributed by atoms with E-state index in [-0.39, 0.29) is 18.2 Å². The van der Waals surface area contributed by atoms with Crippen LogP contribution in [0.1, 0.15) is 32.3 Å². The van der Waals surface area contributed by atoms with Crippen LogP contribution >= 0.6 is 0 Å². The summed E-state index contributed by atoms with van der Waals surface area (Å²) >= 11 is 0. The minimum absolute atomic E-state index is 0.227. The second-order valence-electron chi connectivity index (χ2n) is 7.19. The number of imide groups is 1. The Balaban J connectivity index is 1.75. The number of amidine groups is 1. The van der Waals surface area contributed by atoms with Crippen LogP contribution in [0, 0.1) is 0 Å². The molecule has 1 aromatic heterocycles. The number of pyridine rings is 1. The number of carbonyl (C=O) groups is 2. The molecule has 3 amide bonds. The Morgan fingerprint density at radius 2 is 1.90 bits per heavy atom. The van der Waals surface area contributed by atoms with E-state index in [2.05, 4.69) is 20.6 Å². The van der Waals surface area contributed by atoms with E-state index >= 15 is 0 Å². The fourth-order valence-electron chi connectivity index (χ4n) is 3.58. The molecule has 164 valence electrons. The Hall–Kier alpha value is -2.72. The molecule has 0 bridgehead atoms. The number of rotatable bonds is 10. The third kappa shape index (κ3) is 4.39. The smallest absolute Gasteiger partial charge is 0.328 e. The van der Waals surface area contributed by atoms with Crippen molar-refractivity contribution in [3.8, 4) is 0 Å². The molecule has 10 heteroatoms. The molecule has 3 rings (SSSR count). The van der Waals surface area contributed by atoms with Crippen molar-refractivity contribution in [2.45, 2.75) is 45.2 Å². The van der Waals surface area contributed by atoms with Crippen LogP contribution in [0.4, 0.5) is 10.6 Å². The number of hydrogen-bond donors (Lipinski definition) is 2. The van der Waals surface area contributed by atoms with Gasteiger partial charge in [0.25, 0.3) is 5.91 Å². The molecule has 2 atom stereocenters. The lowest BCUT2D eigenvalue weighted by Crippen LogP contribution is -2.65. The summed E-state index contributed by atoms with van der Waals surface area (Å²) in [7, 11) is 3.15. The van der Waals surface area contributed by atoms with Crippen molar-refractivity contribution in [3.63, 3.8) is 0 Å². The van der Waals surface area contributed by atoms with Gasteiger partial charge in [-0.05, 0) is 25.0 Å². The fraction of sp³-hybridized carbons (Fsp3) is 0.600. The van der Waals surface area contributed by atoms with E-state index in [4.69, 9.17) is 9.47 Å². The van der Waals surface area contributed by atoms with Crippen LogP contribution in [0.3, 0.4) is 0 Å². The molecule has 1 aromatic rings. The number of hydrogen-bond acceptors (Lipinski definition) is 8. The molecule has 0 spiro atoms. The Kier molecular flexibility index (Phi) is 7.22. The highest BCUT2D eigenvalue weighted by molar-refractivity contribution is 6.08. The lowest BCUT2D eigenvalue weighted by atomic mass is 10.1. The van der Waals surface area contributed by atoms with Crippen molar-refractivity contribution >= 4 is 23.6 Å². The molecule has 3 heterocycles. The van der Waals surface area contributed by atoms with Gasteiger partial charge in [0.05, 0.1) is 6.54 Å². The largest absolute Gasteiger partial charge is 0.365 e. The number of nitrogens with zero attached hydrogens (tertiary/aromatic N) is 4. The van der Waals surface area contributed by atoms with Gasteiger partial charge in [0, 0.05) is 39.1 Å². The number of amides is 3. The highest BCUT2D eigenvalue weighted by Gasteiger charge is 2.49. The molecule has 0 saturated carbocycles. The molecule has 2 unspecified atom stereocenters. The zero-order chi connectivity index (χ0) is 21.7. The number of ether oxygens (including phenoxy) is 2. The summed E-state index contributed by atoms with van der Waals surface area (Å²) in [4.78, 5) is 37.8. The van der Waals surface area contributed by atoms with Crippen molar-refractivity contribution in [3.05, 3.63) is 23.9 Å². The lowest BCUT2D eigenvalue weighted by molar-refractivity contribution is -0.134. The minimum Gasteiger partial charge on any atom is -0.365 e. The van der Waals surface area contributed by atoms with Gasteiger partial charge in [-0.2, -0.15) is 0 Å². The molecule has 1 saturated heterocycles. The summed E-state index contributed by atoms with van der Waals surface area (Å²) in [5, 5.41) is 6.34. The second-order valence-corrected chi connectivity index (χ2v) is 7.19. The molecule has 2 aliphatic rings. The van der Waals surface area contributed by atoms with Gasteiger partial charge in [0.15, 0.2) is 12.5 Å². The molecule has 1 fully saturated rings. The average Bonchev–Trinajstić information content (AvgIpc) is 3.21. The van der Waals surface area contributed by atoms with Crippen LogP contribution in [0.2, 0.25) is 0 Å². The SMILES string of the molecule is CCCN1C(=O)C2NC(c3ccc(NCC(OC)OC)nc3)=NC2N(CCC)C1=O. The van der Waals surface area contributed by atoms with E-state index in [9.17, 15) is 9.59 Å². The number of fused-ring (bicyclic) bond motifs is 1. The van der Waals surface area contributed by atoms with Crippen molar-refractivity contribution in [2.24, 2.45) is 4.99 Å². The lowest BCUT2D eigenvalue weighted by Gasteiger charge is -2.40. The van der Waals surface area contributed by atoms with E-state index in [0.29, 0.717) is 37.7 Å². The molecule has 0 radical (unpaired) electrons. The first kappa shape index (κ1) is 22.0. The van der Waals surface area contributed by atoms with Crippen molar-refractivity contribution in [2.75, 3.05) is 39.2 Å². The quantitative estimate of drug-likeness (QED) is 0.550. The minimum atomic E-state index is -0.572. The fourth-order valence-corrected chi connectivity index (χ4v) is 3.58. The maximum atomic E-state index is 12.9. The zero-order valence-electron chi connectivity index (χ0n) is 17.9. The van der Waals surface area contributed by atoms with Crippen LogP contribution in [0.15, 0.2) is 23.3 Å². The number of urea groups is 1. The summed E-state index contributed by atoms with van der Waals surface area (Å²) in [5.41, 5.74) is 0.753. The van der Waals surface area contributed by atoms with E-state index < -0.39 is 12.2 Å². The molecule has 0 aromatic carbocycles. The van der Waals surface area contributed by atoms with Gasteiger partial charge in [-0.3, -0.25) is 14.6 Å². The summed E-state index contributed by atoms with van der Waals surface area (Å²) in [6.07, 6.45) is 2.29. The molecule has 10 nitrogen and oxygen atoms in total. The molecular weight excluding hydrogens is 388 g/mol. The molecule has 2 N–H and O–H groups in total. The molecule has 2 aliphatic heterocycles. The third-order valence-electron chi connectivity index (χ3n) is 5.10. The maximum Gasteiger partial charge on any atom is 0.328 e. The van der Waals surface area contributed by atoms with Gasteiger partial charge in [-0.1, -0.05) is 13.8 Å². The third-order valence-corrected chi connectivity index (χ3v) is 5.10. The Labute approximate surface area is 176 Å². The van der Waals surface area contributed by atoms with Crippen molar-refractivity contribution < 1.29 is 19.1 Å². The first-order valence-electron chi connectivity index (χ1n) is 10.3. The van der Waals surface area contributed by atoms with Crippen LogP contribution in [0.5, 0.6) is 0 Å². The first-order valence-corrected chi connectivity index (χ1v) is 10.3. The molecule has 0 aliphatic carbocycles. The number of carbonyl (C=O) groups excluding carboxylic acids is 2. The highest BCUT2D eigenvalue weighted by atomic mass is 16.7. The second kappa shape index (κ2) is 9.86. The monoisotopic (exact) mass is 418 g/mol. The molecular formula is C20H30N6O4. The Bertz CT molecular complexity index is 780. The number of aromatic nitrogens is 1. The van der Waals surface area contributed by atoms with Crippen molar-refractivity contribution in [1.29, 1.82) is 0 Å². The van der Waals surface area contributed by atoms with E-state index in [1.54, 1.807) is 25.3 Å². The van der Waals surface area contributed by atoms with Gasteiger partial charge in [-0.25, -0.2) is 14.8 Å². The van der Waals surface area contributed by atoms with Crippen LogP contribution in [0.25, 0.3) is 0 Å². The predicted molar refractivity (Wildman–Crippen MR) is 112 cm³/mol. The first-order chi connectivity index (χ1) is 14.5. The highest BCUT2D eigenvalue weighted by Crippen LogP contribution is 2.25. The van der Waals surface area contributed by atoms with Gasteiger partial charge in [0.1, 0.15) is 17.7 Å². The normalized spacial score (nSPS) is 21.0. The van der Waals surface area contributed by atoms with Gasteiger partial charge >= 0.3 is 6.03 Å². The van der Waals surface area contributed by atoms with Gasteiger partial charge in [-0.15, -0.1) is 0 Å². The number of anilines is 1. The van der Waals surface area contributed by atoms with E-state index in [0.717, 1.165) is 12.0 Å². The number of nitrogens with one attached hydrogen (secondary N) is 2. The van der Waals surface area contributed by atoms with Crippen molar-refractivity contribution in [1.82, 2.24) is 20.1 Å². The van der Waals surface area contributed by atoms with Crippen LogP contribution < -0.4 is 10.6 Å². The van der Waals surface area contributed by atoms with Crippen LogP contribution in [-0.2, 0) is 14.3 Å². The predicted octanol–water partition coefficient (Wildman–Crippen LogP) is 1.24. The van der Waals surface area contributed by atoms with Gasteiger partial charge in [0.2, 0.25) is 0 Å². The summed E-state index contributed by atoms with van der Waals surface area (Å²) in [5.74, 6) is 1.01. The number of methoxy groups -OCH3 is 2. The number of aliphatic imine (C=N–C) groups is 1. The Morgan fingerprint density at radius 3 is 2.50 bits per heavy atom. The maximum absolute atomic E-state index is 12.9. The van der Waals surface area contributed by atoms with E-state index in [1.165, 1.54) is 4.90 Å². The van der Waals surface area contributed by atoms with Gasteiger partial charge < -0.3 is 20.1 Å². The Morgan fingerprint density at radius 1 is 1.17 bits per heavy atom. The molecule has 30 heavy (non-hydrogen) atoms. The zero-order valence-corrected chi connectivity index (χ0v) is 17.9. The summed E-state index contributed by atoms with van der Waals surface area (Å²) < 4.78 is 10.3. The average molecular weight is 418 g/mol. The topological polar surface area (TPSA) is 108 Å². The summed E-state index contributed by atoms with van der Waals surface area (Å²) in [6, 6.07) is 2.86. The summed E-state index contributed by atoms with van der Waals surface area (Å²) in [6.45, 7) is 5.36. The standard InChI is InChI=1S/C20H30N6O4/c1-5-9-25-18-16(19(27)26(10-6-2)20(25)28)23-17(24-18)13-7-8-14(21-11-13)22-12-15(29-3)30-4/h7-8,11,15-16,18H,5-6,9-10,12H2,1-4H3,(H,21,22)(H,23,24). The van der Waals surface area contributed by atoms with Crippen LogP contribution in [-0.4, -0.2) is 84.9 Å².